The predicted molar refractivity (Wildman–Crippen MR) is 132 cm³/mol. The molecular formula is C27H26F2N4O2. The van der Waals surface area contributed by atoms with Crippen molar-refractivity contribution in [2.75, 3.05) is 39.0 Å². The molecule has 2 aliphatic heterocycles. The molecule has 1 aromatic heterocycles. The highest BCUT2D eigenvalue weighted by molar-refractivity contribution is 6.36. The molecule has 180 valence electrons. The van der Waals surface area contributed by atoms with Gasteiger partial charge in [-0.15, -0.1) is 0 Å². The normalized spacial score (nSPS) is 16.2. The summed E-state index contributed by atoms with van der Waals surface area (Å²) < 4.78 is 28.6. The van der Waals surface area contributed by atoms with Gasteiger partial charge in [-0.2, -0.15) is 0 Å². The zero-order chi connectivity index (χ0) is 24.9. The second-order valence-electron chi connectivity index (χ2n) is 9.20. The lowest BCUT2D eigenvalue weighted by molar-refractivity contribution is -0.110. The molecule has 0 atom stereocenters. The number of likely N-dealkylation sites (N-methyl/N-ethyl adjacent to an activating group) is 1. The Morgan fingerprint density at radius 3 is 2.57 bits per heavy atom. The summed E-state index contributed by atoms with van der Waals surface area (Å²) in [6, 6.07) is 9.10. The quantitative estimate of drug-likeness (QED) is 0.539. The van der Waals surface area contributed by atoms with Crippen molar-refractivity contribution in [2.45, 2.75) is 13.3 Å². The van der Waals surface area contributed by atoms with Crippen LogP contribution in [0.5, 0.6) is 0 Å². The molecule has 8 heteroatoms. The van der Waals surface area contributed by atoms with E-state index in [2.05, 4.69) is 10.3 Å². The first-order valence-electron chi connectivity index (χ1n) is 11.5. The van der Waals surface area contributed by atoms with Crippen molar-refractivity contribution in [1.82, 2.24) is 14.8 Å². The Labute approximate surface area is 202 Å². The summed E-state index contributed by atoms with van der Waals surface area (Å²) in [6.45, 7) is 3.91. The lowest BCUT2D eigenvalue weighted by atomic mass is 9.93. The molecular weight excluding hydrogens is 450 g/mol. The minimum absolute atomic E-state index is 0.0229. The van der Waals surface area contributed by atoms with Crippen molar-refractivity contribution in [3.8, 4) is 11.1 Å². The van der Waals surface area contributed by atoms with Crippen LogP contribution in [0.4, 0.5) is 14.5 Å². The minimum Gasteiger partial charge on any atom is -0.358 e. The van der Waals surface area contributed by atoms with Gasteiger partial charge in [-0.3, -0.25) is 9.59 Å². The monoisotopic (exact) mass is 476 g/mol. The van der Waals surface area contributed by atoms with Gasteiger partial charge in [0.05, 0.1) is 11.1 Å². The number of anilines is 1. The topological polar surface area (TPSA) is 68.4 Å². The molecule has 2 amide bonds. The van der Waals surface area contributed by atoms with Gasteiger partial charge in [0.1, 0.15) is 0 Å². The van der Waals surface area contributed by atoms with E-state index < -0.39 is 11.6 Å². The van der Waals surface area contributed by atoms with Crippen molar-refractivity contribution < 1.29 is 18.4 Å². The zero-order valence-corrected chi connectivity index (χ0v) is 19.8. The highest BCUT2D eigenvalue weighted by Gasteiger charge is 2.32. The highest BCUT2D eigenvalue weighted by atomic mass is 19.2. The number of aromatic nitrogens is 1. The molecule has 2 aliphatic rings. The first-order valence-corrected chi connectivity index (χ1v) is 11.5. The van der Waals surface area contributed by atoms with E-state index in [1.54, 1.807) is 24.3 Å². The third-order valence-corrected chi connectivity index (χ3v) is 6.67. The average molecular weight is 477 g/mol. The number of nitrogens with one attached hydrogen (secondary N) is 2. The fraction of sp³-hybridized carbons (Fsp3) is 0.259. The first kappa shape index (κ1) is 23.0. The van der Waals surface area contributed by atoms with Crippen molar-refractivity contribution in [3.63, 3.8) is 0 Å². The molecule has 6 nitrogen and oxygen atoms in total. The van der Waals surface area contributed by atoms with Crippen molar-refractivity contribution in [2.24, 2.45) is 0 Å². The molecule has 0 unspecified atom stereocenters. The molecule has 0 aliphatic carbocycles. The maximum atomic E-state index is 14.7. The summed E-state index contributed by atoms with van der Waals surface area (Å²) in [5.74, 6) is -2.27. The molecule has 35 heavy (non-hydrogen) atoms. The molecule has 0 saturated heterocycles. The van der Waals surface area contributed by atoms with Crippen LogP contribution in [0.3, 0.4) is 0 Å². The number of carbonyl (C=O) groups is 2. The lowest BCUT2D eigenvalue weighted by Gasteiger charge is -2.28. The summed E-state index contributed by atoms with van der Waals surface area (Å²) in [5.41, 5.74) is 4.79. The Morgan fingerprint density at radius 2 is 1.80 bits per heavy atom. The van der Waals surface area contributed by atoms with Crippen LogP contribution in [0.25, 0.3) is 22.8 Å². The van der Waals surface area contributed by atoms with E-state index in [0.717, 1.165) is 23.9 Å². The molecule has 0 spiro atoms. The summed E-state index contributed by atoms with van der Waals surface area (Å²) in [7, 11) is 3.94. The van der Waals surface area contributed by atoms with Gasteiger partial charge < -0.3 is 20.1 Å². The number of hydrogen-bond acceptors (Lipinski definition) is 3. The van der Waals surface area contributed by atoms with E-state index in [1.807, 2.05) is 30.8 Å². The summed E-state index contributed by atoms with van der Waals surface area (Å²) in [6.07, 6.45) is 2.40. The van der Waals surface area contributed by atoms with Gasteiger partial charge in [0, 0.05) is 54.3 Å². The SMILES string of the molecule is Cc1c(/C=C2\C(=O)Nc3cccc(-c4cccc(F)c4F)c32)[nH]c2c1C(=O)N(CCN(C)C)CC2. The Morgan fingerprint density at radius 1 is 1.06 bits per heavy atom. The lowest BCUT2D eigenvalue weighted by Crippen LogP contribution is -2.41. The van der Waals surface area contributed by atoms with E-state index in [4.69, 9.17) is 0 Å². The highest BCUT2D eigenvalue weighted by Crippen LogP contribution is 2.42. The summed E-state index contributed by atoms with van der Waals surface area (Å²) in [4.78, 5) is 33.3. The van der Waals surface area contributed by atoms with Gasteiger partial charge in [0.25, 0.3) is 11.8 Å². The fourth-order valence-electron chi connectivity index (χ4n) is 4.81. The Bertz CT molecular complexity index is 1390. The Kier molecular flexibility index (Phi) is 5.76. The van der Waals surface area contributed by atoms with E-state index >= 15 is 0 Å². The number of carbonyl (C=O) groups excluding carboxylic acids is 2. The number of benzene rings is 2. The molecule has 0 fully saturated rings. The number of halogens is 2. The van der Waals surface area contributed by atoms with E-state index in [9.17, 15) is 18.4 Å². The minimum atomic E-state index is -0.963. The van der Waals surface area contributed by atoms with E-state index in [1.165, 1.54) is 12.1 Å². The summed E-state index contributed by atoms with van der Waals surface area (Å²) in [5, 5.41) is 2.82. The van der Waals surface area contributed by atoms with E-state index in [-0.39, 0.29) is 17.4 Å². The van der Waals surface area contributed by atoms with Crippen LogP contribution in [-0.2, 0) is 11.2 Å². The van der Waals surface area contributed by atoms with Gasteiger partial charge in [-0.1, -0.05) is 24.3 Å². The molecule has 0 saturated carbocycles. The molecule has 3 heterocycles. The molecule has 0 bridgehead atoms. The van der Waals surface area contributed by atoms with Crippen LogP contribution in [0, 0.1) is 18.6 Å². The van der Waals surface area contributed by atoms with Gasteiger partial charge in [-0.25, -0.2) is 8.78 Å². The van der Waals surface area contributed by atoms with Gasteiger partial charge in [0.2, 0.25) is 0 Å². The van der Waals surface area contributed by atoms with Gasteiger partial charge in [0.15, 0.2) is 11.6 Å². The number of hydrogen-bond donors (Lipinski definition) is 2. The number of fused-ring (bicyclic) bond motifs is 2. The smallest absolute Gasteiger partial charge is 0.256 e. The molecule has 2 N–H and O–H groups in total. The summed E-state index contributed by atoms with van der Waals surface area (Å²) >= 11 is 0. The number of nitrogens with zero attached hydrogens (tertiary/aromatic N) is 2. The van der Waals surface area contributed by atoms with Crippen molar-refractivity contribution in [3.05, 3.63) is 76.1 Å². The van der Waals surface area contributed by atoms with Crippen molar-refractivity contribution >= 4 is 29.2 Å². The second kappa shape index (κ2) is 8.78. The van der Waals surface area contributed by atoms with Crippen LogP contribution >= 0.6 is 0 Å². The molecule has 2 aromatic carbocycles. The first-order chi connectivity index (χ1) is 16.8. The second-order valence-corrected chi connectivity index (χ2v) is 9.20. The fourth-order valence-corrected chi connectivity index (χ4v) is 4.81. The Balaban J connectivity index is 1.58. The number of rotatable bonds is 5. The van der Waals surface area contributed by atoms with Crippen molar-refractivity contribution in [1.29, 1.82) is 0 Å². The predicted octanol–water partition coefficient (Wildman–Crippen LogP) is 4.32. The van der Waals surface area contributed by atoms with Gasteiger partial charge >= 0.3 is 0 Å². The molecule has 5 rings (SSSR count). The van der Waals surface area contributed by atoms with Crippen LogP contribution in [0.2, 0.25) is 0 Å². The molecule has 0 radical (unpaired) electrons. The van der Waals surface area contributed by atoms with Crippen LogP contribution in [-0.4, -0.2) is 60.3 Å². The van der Waals surface area contributed by atoms with Crippen LogP contribution < -0.4 is 5.32 Å². The average Bonchev–Trinajstić information content (AvgIpc) is 3.31. The third-order valence-electron chi connectivity index (χ3n) is 6.67. The Hall–Kier alpha value is -3.78. The molecule has 3 aromatic rings. The maximum Gasteiger partial charge on any atom is 0.256 e. The third kappa shape index (κ3) is 3.93. The number of H-pyrrole nitrogens is 1. The van der Waals surface area contributed by atoms with E-state index in [0.29, 0.717) is 53.2 Å². The maximum absolute atomic E-state index is 14.7. The van der Waals surface area contributed by atoms with Gasteiger partial charge in [-0.05, 0) is 50.4 Å². The van der Waals surface area contributed by atoms with Crippen LogP contribution in [0.1, 0.15) is 32.9 Å². The van der Waals surface area contributed by atoms with Crippen LogP contribution in [0.15, 0.2) is 36.4 Å². The number of amides is 2. The standard InChI is InChI=1S/C27H26F2N4O2/c1-15-22(30-21-10-11-33(13-12-32(2)3)27(35)23(15)21)14-18-24-16(6-5-9-20(24)31-26(18)34)17-7-4-8-19(28)25(17)29/h4-9,14,30H,10-13H2,1-3H3,(H,31,34)/b18-14-. The number of aromatic amines is 1. The largest absolute Gasteiger partial charge is 0.358 e. The zero-order valence-electron chi connectivity index (χ0n) is 19.8.